The molecular weight excluding hydrogens is 693 g/mol. The molecule has 0 aliphatic heterocycles. The highest BCUT2D eigenvalue weighted by Crippen LogP contribution is 2.29. The average Bonchev–Trinajstić information content (AvgIpc) is 3.75. The van der Waals surface area contributed by atoms with E-state index in [2.05, 4.69) is 20.6 Å². The molecule has 2 aromatic heterocycles. The number of benzene rings is 2. The molecule has 2 heterocycles. The van der Waals surface area contributed by atoms with Crippen LogP contribution in [0.2, 0.25) is 0 Å². The van der Waals surface area contributed by atoms with E-state index < -0.39 is 31.9 Å². The van der Waals surface area contributed by atoms with Gasteiger partial charge in [0.15, 0.2) is 10.3 Å². The fourth-order valence-corrected chi connectivity index (χ4v) is 9.03. The standard InChI is InChI=1S/C32H40N6O6S4/c1-5-9-19-37(7-3)47(41,42)25-15-11-23(12-16-25)29(39)35-31-33-27(21-45-31)28-22-46-32(34-28)36-30(40)24-13-17-26(18-14-24)48(43,44)38(8-4)20-10-6-2/h11-18,21-22H,5-10,19-20H2,1-4H3,(H,33,35,39)(H,34,36,40). The van der Waals surface area contributed by atoms with E-state index in [1.165, 1.54) is 79.8 Å². The Labute approximate surface area is 290 Å². The highest BCUT2D eigenvalue weighted by atomic mass is 32.2. The van der Waals surface area contributed by atoms with Crippen LogP contribution in [-0.2, 0) is 20.0 Å². The number of sulfonamides is 2. The summed E-state index contributed by atoms with van der Waals surface area (Å²) in [6.07, 6.45) is 3.30. The number of aromatic nitrogens is 2. The molecule has 48 heavy (non-hydrogen) atoms. The Balaban J connectivity index is 1.36. The lowest BCUT2D eigenvalue weighted by Gasteiger charge is -2.20. The van der Waals surface area contributed by atoms with Gasteiger partial charge in [0, 0.05) is 48.1 Å². The molecule has 0 aliphatic carbocycles. The van der Waals surface area contributed by atoms with Gasteiger partial charge in [-0.3, -0.25) is 20.2 Å². The number of anilines is 2. The molecule has 0 spiro atoms. The molecule has 0 aliphatic rings. The minimum atomic E-state index is -3.65. The van der Waals surface area contributed by atoms with E-state index in [1.54, 1.807) is 24.6 Å². The van der Waals surface area contributed by atoms with Crippen LogP contribution in [0.25, 0.3) is 11.4 Å². The van der Waals surface area contributed by atoms with Gasteiger partial charge in [-0.05, 0) is 61.4 Å². The summed E-state index contributed by atoms with van der Waals surface area (Å²) >= 11 is 2.40. The van der Waals surface area contributed by atoms with Crippen LogP contribution in [-0.4, -0.2) is 73.4 Å². The van der Waals surface area contributed by atoms with Crippen molar-refractivity contribution >= 4 is 64.8 Å². The summed E-state index contributed by atoms with van der Waals surface area (Å²) in [6, 6.07) is 11.6. The number of thiazole rings is 2. The Hall–Kier alpha value is -3.54. The van der Waals surface area contributed by atoms with Crippen molar-refractivity contribution in [1.29, 1.82) is 0 Å². The Morgan fingerprint density at radius 3 is 1.29 bits per heavy atom. The van der Waals surface area contributed by atoms with Crippen LogP contribution in [0.5, 0.6) is 0 Å². The number of hydrogen-bond acceptors (Lipinski definition) is 10. The molecule has 12 nitrogen and oxygen atoms in total. The number of carbonyl (C=O) groups excluding carboxylic acids is 2. The lowest BCUT2D eigenvalue weighted by Crippen LogP contribution is -2.31. The molecule has 2 aromatic carbocycles. The van der Waals surface area contributed by atoms with Crippen LogP contribution in [0.1, 0.15) is 74.1 Å². The number of nitrogens with one attached hydrogen (secondary N) is 2. The van der Waals surface area contributed by atoms with Gasteiger partial charge >= 0.3 is 0 Å². The maximum atomic E-state index is 13.0. The van der Waals surface area contributed by atoms with Crippen molar-refractivity contribution in [2.24, 2.45) is 0 Å². The number of unbranched alkanes of at least 4 members (excludes halogenated alkanes) is 2. The first-order chi connectivity index (χ1) is 22.9. The predicted molar refractivity (Wildman–Crippen MR) is 191 cm³/mol. The van der Waals surface area contributed by atoms with Gasteiger partial charge in [-0.2, -0.15) is 8.61 Å². The summed E-state index contributed by atoms with van der Waals surface area (Å²) in [5.74, 6) is -0.877. The maximum absolute atomic E-state index is 13.0. The minimum Gasteiger partial charge on any atom is -0.298 e. The fourth-order valence-electron chi connectivity index (χ4n) is 4.66. The third kappa shape index (κ3) is 8.92. The van der Waals surface area contributed by atoms with Gasteiger partial charge in [0.25, 0.3) is 11.8 Å². The normalized spacial score (nSPS) is 12.0. The molecule has 2 N–H and O–H groups in total. The molecule has 4 aromatic rings. The van der Waals surface area contributed by atoms with Crippen LogP contribution in [0.15, 0.2) is 69.1 Å². The van der Waals surface area contributed by atoms with Crippen molar-refractivity contribution in [2.75, 3.05) is 36.8 Å². The zero-order valence-corrected chi connectivity index (χ0v) is 30.6. The number of amides is 2. The highest BCUT2D eigenvalue weighted by molar-refractivity contribution is 7.89. The molecule has 0 saturated carbocycles. The molecule has 0 fully saturated rings. The van der Waals surface area contributed by atoms with Crippen LogP contribution >= 0.6 is 22.7 Å². The van der Waals surface area contributed by atoms with E-state index in [0.29, 0.717) is 47.8 Å². The van der Waals surface area contributed by atoms with Crippen molar-refractivity contribution in [3.05, 3.63) is 70.4 Å². The predicted octanol–water partition coefficient (Wildman–Crippen LogP) is 6.39. The van der Waals surface area contributed by atoms with Crippen LogP contribution in [0.3, 0.4) is 0 Å². The summed E-state index contributed by atoms with van der Waals surface area (Å²) in [5.41, 5.74) is 1.56. The first-order valence-corrected chi connectivity index (χ1v) is 20.3. The quantitative estimate of drug-likeness (QED) is 0.126. The molecule has 4 rings (SSSR count). The second kappa shape index (κ2) is 16.7. The second-order valence-corrected chi connectivity index (χ2v) is 16.3. The van der Waals surface area contributed by atoms with Crippen molar-refractivity contribution in [2.45, 2.75) is 63.2 Å². The zero-order valence-electron chi connectivity index (χ0n) is 27.3. The maximum Gasteiger partial charge on any atom is 0.257 e. The van der Waals surface area contributed by atoms with Gasteiger partial charge < -0.3 is 0 Å². The Morgan fingerprint density at radius 2 is 0.979 bits per heavy atom. The Morgan fingerprint density at radius 1 is 0.625 bits per heavy atom. The fraction of sp³-hybridized carbons (Fsp3) is 0.375. The summed E-state index contributed by atoms with van der Waals surface area (Å²) in [6.45, 7) is 9.22. The van der Waals surface area contributed by atoms with Gasteiger partial charge in [-0.1, -0.05) is 40.5 Å². The van der Waals surface area contributed by atoms with Crippen molar-refractivity contribution < 1.29 is 26.4 Å². The number of rotatable bonds is 17. The van der Waals surface area contributed by atoms with E-state index in [1.807, 2.05) is 13.8 Å². The number of nitrogens with zero attached hydrogens (tertiary/aromatic N) is 4. The third-order valence-corrected chi connectivity index (χ3v) is 12.9. The molecule has 0 radical (unpaired) electrons. The number of carbonyl (C=O) groups is 2. The molecule has 0 saturated heterocycles. The number of hydrogen-bond donors (Lipinski definition) is 2. The van der Waals surface area contributed by atoms with Gasteiger partial charge in [0.1, 0.15) is 11.4 Å². The molecule has 0 unspecified atom stereocenters. The SMILES string of the molecule is CCCCN(CC)S(=O)(=O)c1ccc(C(=O)Nc2nc(-c3csc(NC(=O)c4ccc(S(=O)(=O)N(CC)CCCC)cc4)n3)cs2)cc1. The summed E-state index contributed by atoms with van der Waals surface area (Å²) < 4.78 is 54.8. The Bertz CT molecular complexity index is 1770. The molecular formula is C32H40N6O6S4. The van der Waals surface area contributed by atoms with Gasteiger partial charge in [-0.15, -0.1) is 22.7 Å². The average molecular weight is 733 g/mol. The molecule has 0 bridgehead atoms. The lowest BCUT2D eigenvalue weighted by molar-refractivity contribution is 0.101. The van der Waals surface area contributed by atoms with Gasteiger partial charge in [-0.25, -0.2) is 26.8 Å². The minimum absolute atomic E-state index is 0.131. The highest BCUT2D eigenvalue weighted by Gasteiger charge is 2.24. The van der Waals surface area contributed by atoms with Crippen LogP contribution in [0.4, 0.5) is 10.3 Å². The summed E-state index contributed by atoms with van der Waals surface area (Å²) in [4.78, 5) is 34.9. The first kappa shape index (κ1) is 37.3. The topological polar surface area (TPSA) is 159 Å². The van der Waals surface area contributed by atoms with E-state index in [0.717, 1.165) is 25.7 Å². The Kier molecular flexibility index (Phi) is 13.0. The lowest BCUT2D eigenvalue weighted by atomic mass is 10.2. The largest absolute Gasteiger partial charge is 0.298 e. The van der Waals surface area contributed by atoms with E-state index in [9.17, 15) is 26.4 Å². The van der Waals surface area contributed by atoms with Crippen molar-refractivity contribution in [3.63, 3.8) is 0 Å². The van der Waals surface area contributed by atoms with E-state index >= 15 is 0 Å². The molecule has 16 heteroatoms. The second-order valence-electron chi connectivity index (χ2n) is 10.7. The van der Waals surface area contributed by atoms with Crippen molar-refractivity contribution in [3.8, 4) is 11.4 Å². The molecule has 0 atom stereocenters. The van der Waals surface area contributed by atoms with Crippen LogP contribution < -0.4 is 10.6 Å². The monoisotopic (exact) mass is 732 g/mol. The molecule has 258 valence electrons. The molecule has 2 amide bonds. The van der Waals surface area contributed by atoms with Crippen LogP contribution in [0, 0.1) is 0 Å². The van der Waals surface area contributed by atoms with Gasteiger partial charge in [0.2, 0.25) is 20.0 Å². The zero-order chi connectivity index (χ0) is 34.9. The summed E-state index contributed by atoms with van der Waals surface area (Å²) in [5, 5.41) is 9.57. The van der Waals surface area contributed by atoms with Gasteiger partial charge in [0.05, 0.1) is 9.79 Å². The van der Waals surface area contributed by atoms with E-state index in [-0.39, 0.29) is 20.9 Å². The third-order valence-electron chi connectivity index (χ3n) is 7.45. The summed E-state index contributed by atoms with van der Waals surface area (Å²) in [7, 11) is -7.30. The first-order valence-electron chi connectivity index (χ1n) is 15.7. The smallest absolute Gasteiger partial charge is 0.257 e. The van der Waals surface area contributed by atoms with Crippen molar-refractivity contribution in [1.82, 2.24) is 18.6 Å². The van der Waals surface area contributed by atoms with E-state index in [4.69, 9.17) is 0 Å².